The van der Waals surface area contributed by atoms with E-state index in [2.05, 4.69) is 6.07 Å². The van der Waals surface area contributed by atoms with Gasteiger partial charge in [-0.15, -0.1) is 0 Å². The Morgan fingerprint density at radius 2 is 2.14 bits per heavy atom. The van der Waals surface area contributed by atoms with Crippen LogP contribution in [0, 0.1) is 17.2 Å². The molecule has 0 aromatic carbocycles. The summed E-state index contributed by atoms with van der Waals surface area (Å²) < 4.78 is 0. The molecule has 2 nitrogen and oxygen atoms in total. The van der Waals surface area contributed by atoms with Crippen molar-refractivity contribution in [1.82, 2.24) is 0 Å². The molecule has 5 heteroatoms. The molecule has 1 saturated carbocycles. The van der Waals surface area contributed by atoms with E-state index in [1.807, 2.05) is 0 Å². The van der Waals surface area contributed by atoms with Crippen molar-refractivity contribution in [2.45, 2.75) is 38.5 Å². The SMILES string of the molecule is N#CCCC1CCCCC1=O.[Cl][Pt][Cl]. The van der Waals surface area contributed by atoms with Gasteiger partial charge in [0, 0.05) is 18.8 Å². The standard InChI is InChI=1S/C9H13NO.2ClH.Pt/c10-7-3-5-8-4-1-2-6-9(8)11;;;/h8H,1-6H2;2*1H;/q;;;+2/p-2. The van der Waals surface area contributed by atoms with Crippen molar-refractivity contribution >= 4 is 24.6 Å². The fourth-order valence-corrected chi connectivity index (χ4v) is 1.60. The van der Waals surface area contributed by atoms with E-state index in [4.69, 9.17) is 24.1 Å². The topological polar surface area (TPSA) is 40.9 Å². The number of halogens is 2. The Balaban J connectivity index is 0.000000500. The van der Waals surface area contributed by atoms with Crippen molar-refractivity contribution < 1.29 is 21.3 Å². The molecule has 84 valence electrons. The molecular weight excluding hydrogens is 404 g/mol. The molecule has 0 aromatic rings. The number of nitrogens with zero attached hydrogens (tertiary/aromatic N) is 1. The van der Waals surface area contributed by atoms with Crippen LogP contribution < -0.4 is 0 Å². The van der Waals surface area contributed by atoms with E-state index >= 15 is 0 Å². The molecule has 1 unspecified atom stereocenters. The van der Waals surface area contributed by atoms with Gasteiger partial charge in [-0.3, -0.25) is 4.79 Å². The molecule has 0 aromatic heterocycles. The number of hydrogen-bond acceptors (Lipinski definition) is 2. The Hall–Kier alpha value is 0.428. The minimum atomic E-state index is -0.472. The van der Waals surface area contributed by atoms with Crippen molar-refractivity contribution in [2.75, 3.05) is 0 Å². The fraction of sp³-hybridized carbons (Fsp3) is 0.778. The monoisotopic (exact) mass is 416 g/mol. The third-order valence-corrected chi connectivity index (χ3v) is 2.29. The molecule has 0 aliphatic heterocycles. The van der Waals surface area contributed by atoms with Crippen LogP contribution in [0.2, 0.25) is 0 Å². The van der Waals surface area contributed by atoms with Crippen LogP contribution in [0.1, 0.15) is 38.5 Å². The summed E-state index contributed by atoms with van der Waals surface area (Å²) >= 11 is -0.472. The van der Waals surface area contributed by atoms with Crippen molar-refractivity contribution in [3.63, 3.8) is 0 Å². The predicted octanol–water partition coefficient (Wildman–Crippen LogP) is 3.43. The van der Waals surface area contributed by atoms with Gasteiger partial charge in [0.1, 0.15) is 5.78 Å². The molecule has 1 rings (SSSR count). The van der Waals surface area contributed by atoms with Gasteiger partial charge in [-0.25, -0.2) is 0 Å². The summed E-state index contributed by atoms with van der Waals surface area (Å²) in [7, 11) is 9.75. The van der Waals surface area contributed by atoms with E-state index < -0.39 is 16.5 Å². The summed E-state index contributed by atoms with van der Waals surface area (Å²) in [4.78, 5) is 11.2. The molecule has 1 aliphatic carbocycles. The van der Waals surface area contributed by atoms with Crippen LogP contribution in [-0.4, -0.2) is 5.78 Å². The molecule has 0 spiro atoms. The Morgan fingerprint density at radius 1 is 1.50 bits per heavy atom. The molecule has 0 N–H and O–H groups in total. The van der Waals surface area contributed by atoms with Gasteiger partial charge < -0.3 is 0 Å². The molecule has 0 radical (unpaired) electrons. The Kier molecular flexibility index (Phi) is 10.3. The van der Waals surface area contributed by atoms with Gasteiger partial charge in [0.2, 0.25) is 0 Å². The van der Waals surface area contributed by atoms with Crippen molar-refractivity contribution in [3.05, 3.63) is 0 Å². The summed E-state index contributed by atoms with van der Waals surface area (Å²) in [6, 6.07) is 2.08. The number of carbonyl (C=O) groups is 1. The van der Waals surface area contributed by atoms with E-state index in [0.717, 1.165) is 25.7 Å². The van der Waals surface area contributed by atoms with E-state index in [0.29, 0.717) is 12.2 Å². The molecule has 0 heterocycles. The summed E-state index contributed by atoms with van der Waals surface area (Å²) in [5.41, 5.74) is 0. The third-order valence-electron chi connectivity index (χ3n) is 2.29. The van der Waals surface area contributed by atoms with Gasteiger partial charge in [0.05, 0.1) is 6.07 Å². The average molecular weight is 417 g/mol. The van der Waals surface area contributed by atoms with Gasteiger partial charge in [-0.05, 0) is 19.3 Å². The van der Waals surface area contributed by atoms with Crippen LogP contribution in [0.4, 0.5) is 0 Å². The number of Topliss-reactive ketones (excluding diaryl/α,β-unsaturated/α-hetero) is 1. The summed E-state index contributed by atoms with van der Waals surface area (Å²) in [5, 5.41) is 8.32. The second-order valence-corrected chi connectivity index (χ2v) is 6.43. The van der Waals surface area contributed by atoms with E-state index in [9.17, 15) is 4.79 Å². The van der Waals surface area contributed by atoms with Crippen molar-refractivity contribution in [1.29, 1.82) is 5.26 Å². The van der Waals surface area contributed by atoms with E-state index in [-0.39, 0.29) is 5.92 Å². The van der Waals surface area contributed by atoms with Crippen LogP contribution in [-0.2, 0) is 21.3 Å². The first-order valence-electron chi connectivity index (χ1n) is 4.48. The molecule has 1 fully saturated rings. The van der Waals surface area contributed by atoms with E-state index in [1.54, 1.807) is 0 Å². The second-order valence-electron chi connectivity index (χ2n) is 3.15. The zero-order valence-corrected chi connectivity index (χ0v) is 11.5. The summed E-state index contributed by atoms with van der Waals surface area (Å²) in [6.45, 7) is 0. The quantitative estimate of drug-likeness (QED) is 0.691. The number of rotatable bonds is 2. The first kappa shape index (κ1) is 14.4. The number of ketones is 1. The molecule has 0 amide bonds. The maximum absolute atomic E-state index is 11.2. The minimum absolute atomic E-state index is 0.211. The maximum atomic E-state index is 11.2. The normalized spacial score (nSPS) is 20.9. The zero-order valence-electron chi connectivity index (χ0n) is 7.75. The number of carbonyl (C=O) groups excluding carboxylic acids is 1. The van der Waals surface area contributed by atoms with Gasteiger partial charge in [-0.2, -0.15) is 5.26 Å². The van der Waals surface area contributed by atoms with Crippen molar-refractivity contribution in [3.8, 4) is 6.07 Å². The molecular formula is C9H13Cl2NOPt. The molecule has 0 saturated heterocycles. The predicted molar refractivity (Wildman–Crippen MR) is 53.5 cm³/mol. The van der Waals surface area contributed by atoms with E-state index in [1.165, 1.54) is 6.42 Å². The molecule has 14 heavy (non-hydrogen) atoms. The Bertz CT molecular complexity index is 205. The van der Waals surface area contributed by atoms with Crippen LogP contribution in [0.25, 0.3) is 0 Å². The zero-order chi connectivity index (χ0) is 10.8. The Morgan fingerprint density at radius 3 is 2.64 bits per heavy atom. The van der Waals surface area contributed by atoms with Crippen LogP contribution in [0.5, 0.6) is 0 Å². The molecule has 1 aliphatic rings. The van der Waals surface area contributed by atoms with Gasteiger partial charge in [0.25, 0.3) is 0 Å². The van der Waals surface area contributed by atoms with Crippen LogP contribution in [0.3, 0.4) is 0 Å². The first-order chi connectivity index (χ1) is 6.76. The van der Waals surface area contributed by atoms with Crippen LogP contribution in [0.15, 0.2) is 0 Å². The van der Waals surface area contributed by atoms with Gasteiger partial charge in [0.15, 0.2) is 0 Å². The molecule has 0 bridgehead atoms. The summed E-state index contributed by atoms with van der Waals surface area (Å²) in [5.74, 6) is 0.592. The number of nitriles is 1. The van der Waals surface area contributed by atoms with Gasteiger partial charge in [-0.1, -0.05) is 6.42 Å². The Labute approximate surface area is 101 Å². The number of hydrogen-bond donors (Lipinski definition) is 0. The second kappa shape index (κ2) is 9.96. The molecule has 1 atom stereocenters. The van der Waals surface area contributed by atoms with Crippen molar-refractivity contribution in [2.24, 2.45) is 5.92 Å². The van der Waals surface area contributed by atoms with Crippen LogP contribution >= 0.6 is 18.8 Å². The third kappa shape index (κ3) is 6.82. The van der Waals surface area contributed by atoms with Gasteiger partial charge >= 0.3 is 35.3 Å². The summed E-state index contributed by atoms with van der Waals surface area (Å²) in [6.07, 6.45) is 5.31. The average Bonchev–Trinajstić information content (AvgIpc) is 2.18. The first-order valence-corrected chi connectivity index (χ1v) is 10.1. The fourth-order valence-electron chi connectivity index (χ4n) is 1.60.